The Morgan fingerprint density at radius 2 is 2.35 bits per heavy atom. The molecule has 0 saturated heterocycles. The maximum atomic E-state index is 11.9. The lowest BCUT2D eigenvalue weighted by molar-refractivity contribution is 0.0940. The summed E-state index contributed by atoms with van der Waals surface area (Å²) in [5, 5.41) is 7.10. The summed E-state index contributed by atoms with van der Waals surface area (Å²) in [6.07, 6.45) is 1.56. The molecule has 0 spiro atoms. The van der Waals surface area contributed by atoms with Gasteiger partial charge >= 0.3 is 0 Å². The molecule has 0 aliphatic heterocycles. The number of halogens is 1. The largest absolute Gasteiger partial charge is 0.345 e. The van der Waals surface area contributed by atoms with Crippen LogP contribution in [-0.4, -0.2) is 10.9 Å². The van der Waals surface area contributed by atoms with Crippen molar-refractivity contribution in [3.8, 4) is 0 Å². The van der Waals surface area contributed by atoms with Gasteiger partial charge in [0.25, 0.3) is 5.91 Å². The molecule has 1 amide bonds. The molecule has 2 rings (SSSR count). The Bertz CT molecular complexity index is 513. The first-order chi connectivity index (χ1) is 8.18. The van der Waals surface area contributed by atoms with E-state index in [0.29, 0.717) is 5.56 Å². The van der Waals surface area contributed by atoms with E-state index < -0.39 is 0 Å². The molecular formula is C12H11ClN2OS. The van der Waals surface area contributed by atoms with E-state index in [-0.39, 0.29) is 17.1 Å². The summed E-state index contributed by atoms with van der Waals surface area (Å²) in [6, 6.07) is 5.30. The van der Waals surface area contributed by atoms with Gasteiger partial charge in [0.15, 0.2) is 0 Å². The minimum absolute atomic E-state index is 0.0370. The second kappa shape index (κ2) is 5.29. The summed E-state index contributed by atoms with van der Waals surface area (Å²) < 4.78 is 0. The Kier molecular flexibility index (Phi) is 3.76. The average Bonchev–Trinajstić information content (AvgIpc) is 2.82. The van der Waals surface area contributed by atoms with E-state index in [1.807, 2.05) is 23.8 Å². The smallest absolute Gasteiger partial charge is 0.254 e. The number of rotatable bonds is 3. The molecule has 2 aromatic heterocycles. The van der Waals surface area contributed by atoms with E-state index in [4.69, 9.17) is 11.6 Å². The SMILES string of the molecule is CC(NC(=O)c1cccnc1Cl)c1ccsc1. The van der Waals surface area contributed by atoms with Crippen LogP contribution in [-0.2, 0) is 0 Å². The van der Waals surface area contributed by atoms with Gasteiger partial charge < -0.3 is 5.32 Å². The minimum Gasteiger partial charge on any atom is -0.345 e. The molecule has 2 aromatic rings. The van der Waals surface area contributed by atoms with Crippen molar-refractivity contribution in [2.75, 3.05) is 0 Å². The molecule has 0 saturated carbocycles. The quantitative estimate of drug-likeness (QED) is 0.867. The molecule has 0 aromatic carbocycles. The van der Waals surface area contributed by atoms with Crippen molar-refractivity contribution in [1.29, 1.82) is 0 Å². The molecule has 3 nitrogen and oxygen atoms in total. The summed E-state index contributed by atoms with van der Waals surface area (Å²) in [7, 11) is 0. The molecule has 5 heteroatoms. The summed E-state index contributed by atoms with van der Waals surface area (Å²) in [4.78, 5) is 15.8. The maximum absolute atomic E-state index is 11.9. The summed E-state index contributed by atoms with van der Waals surface area (Å²) >= 11 is 7.46. The molecule has 0 aliphatic rings. The Hall–Kier alpha value is -1.39. The highest BCUT2D eigenvalue weighted by molar-refractivity contribution is 7.07. The topological polar surface area (TPSA) is 42.0 Å². The first-order valence-corrected chi connectivity index (χ1v) is 6.44. The van der Waals surface area contributed by atoms with Gasteiger partial charge in [0.05, 0.1) is 11.6 Å². The van der Waals surface area contributed by atoms with Gasteiger partial charge in [-0.05, 0) is 41.4 Å². The zero-order valence-corrected chi connectivity index (χ0v) is 10.8. The van der Waals surface area contributed by atoms with Gasteiger partial charge in [0, 0.05) is 6.20 Å². The number of pyridine rings is 1. The van der Waals surface area contributed by atoms with Crippen molar-refractivity contribution in [3.63, 3.8) is 0 Å². The monoisotopic (exact) mass is 266 g/mol. The number of hydrogen-bond donors (Lipinski definition) is 1. The third kappa shape index (κ3) is 2.84. The molecule has 0 fully saturated rings. The Morgan fingerprint density at radius 1 is 1.53 bits per heavy atom. The summed E-state index contributed by atoms with van der Waals surface area (Å²) in [5.74, 6) is -0.207. The average molecular weight is 267 g/mol. The number of nitrogens with zero attached hydrogens (tertiary/aromatic N) is 1. The number of hydrogen-bond acceptors (Lipinski definition) is 3. The predicted molar refractivity (Wildman–Crippen MR) is 69.4 cm³/mol. The van der Waals surface area contributed by atoms with Crippen LogP contribution in [0.15, 0.2) is 35.2 Å². The first-order valence-electron chi connectivity index (χ1n) is 5.12. The molecule has 2 heterocycles. The molecular weight excluding hydrogens is 256 g/mol. The number of thiophene rings is 1. The predicted octanol–water partition coefficient (Wildman–Crippen LogP) is 3.29. The zero-order valence-electron chi connectivity index (χ0n) is 9.18. The van der Waals surface area contributed by atoms with Crippen LogP contribution in [0.5, 0.6) is 0 Å². The van der Waals surface area contributed by atoms with E-state index in [2.05, 4.69) is 10.3 Å². The van der Waals surface area contributed by atoms with Crippen molar-refractivity contribution in [1.82, 2.24) is 10.3 Å². The first kappa shape index (κ1) is 12.1. The van der Waals surface area contributed by atoms with Gasteiger partial charge in [0.2, 0.25) is 0 Å². The highest BCUT2D eigenvalue weighted by atomic mass is 35.5. The van der Waals surface area contributed by atoms with Gasteiger partial charge in [-0.3, -0.25) is 4.79 Å². The van der Waals surface area contributed by atoms with Gasteiger partial charge in [-0.2, -0.15) is 11.3 Å². The third-order valence-electron chi connectivity index (χ3n) is 2.39. The van der Waals surface area contributed by atoms with E-state index in [9.17, 15) is 4.79 Å². The molecule has 88 valence electrons. The van der Waals surface area contributed by atoms with Crippen LogP contribution in [0.3, 0.4) is 0 Å². The standard InChI is InChI=1S/C12H11ClN2OS/c1-8(9-4-6-17-7-9)15-12(16)10-3-2-5-14-11(10)13/h2-8H,1H3,(H,15,16). The van der Waals surface area contributed by atoms with Crippen LogP contribution in [0.1, 0.15) is 28.9 Å². The van der Waals surface area contributed by atoms with Crippen LogP contribution >= 0.6 is 22.9 Å². The fourth-order valence-electron chi connectivity index (χ4n) is 1.43. The van der Waals surface area contributed by atoms with Crippen molar-refractivity contribution >= 4 is 28.8 Å². The molecule has 17 heavy (non-hydrogen) atoms. The lowest BCUT2D eigenvalue weighted by Gasteiger charge is -2.12. The van der Waals surface area contributed by atoms with E-state index in [1.54, 1.807) is 29.7 Å². The van der Waals surface area contributed by atoms with Crippen molar-refractivity contribution < 1.29 is 4.79 Å². The number of carbonyl (C=O) groups is 1. The van der Waals surface area contributed by atoms with Crippen molar-refractivity contribution in [2.24, 2.45) is 0 Å². The molecule has 1 atom stereocenters. The van der Waals surface area contributed by atoms with Crippen LogP contribution < -0.4 is 5.32 Å². The maximum Gasteiger partial charge on any atom is 0.254 e. The summed E-state index contributed by atoms with van der Waals surface area (Å²) in [6.45, 7) is 1.93. The zero-order chi connectivity index (χ0) is 12.3. The second-order valence-corrected chi connectivity index (χ2v) is 4.73. The highest BCUT2D eigenvalue weighted by Crippen LogP contribution is 2.17. The lowest BCUT2D eigenvalue weighted by atomic mass is 10.1. The lowest BCUT2D eigenvalue weighted by Crippen LogP contribution is -2.26. The van der Waals surface area contributed by atoms with E-state index in [0.717, 1.165) is 5.56 Å². The number of amides is 1. The number of nitrogens with one attached hydrogen (secondary N) is 1. The molecule has 1 N–H and O–H groups in total. The van der Waals surface area contributed by atoms with Gasteiger partial charge in [0.1, 0.15) is 5.15 Å². The Balaban J connectivity index is 2.10. The van der Waals surface area contributed by atoms with E-state index >= 15 is 0 Å². The molecule has 1 unspecified atom stereocenters. The Labute approximate surface area is 108 Å². The molecule has 0 bridgehead atoms. The fraction of sp³-hybridized carbons (Fsp3) is 0.167. The minimum atomic E-state index is -0.207. The van der Waals surface area contributed by atoms with Crippen molar-refractivity contribution in [2.45, 2.75) is 13.0 Å². The molecule has 0 aliphatic carbocycles. The highest BCUT2D eigenvalue weighted by Gasteiger charge is 2.14. The van der Waals surface area contributed by atoms with Crippen LogP contribution in [0, 0.1) is 0 Å². The van der Waals surface area contributed by atoms with Gasteiger partial charge in [-0.1, -0.05) is 11.6 Å². The third-order valence-corrected chi connectivity index (χ3v) is 3.40. The van der Waals surface area contributed by atoms with Gasteiger partial charge in [-0.25, -0.2) is 4.98 Å². The van der Waals surface area contributed by atoms with Crippen LogP contribution in [0.25, 0.3) is 0 Å². The normalized spacial score (nSPS) is 12.1. The second-order valence-electron chi connectivity index (χ2n) is 3.59. The van der Waals surface area contributed by atoms with E-state index in [1.165, 1.54) is 0 Å². The van der Waals surface area contributed by atoms with Gasteiger partial charge in [-0.15, -0.1) is 0 Å². The Morgan fingerprint density at radius 3 is 3.00 bits per heavy atom. The van der Waals surface area contributed by atoms with Crippen LogP contribution in [0.4, 0.5) is 0 Å². The molecule has 0 radical (unpaired) electrons. The summed E-state index contributed by atoms with van der Waals surface area (Å²) in [5.41, 5.74) is 1.49. The fourth-order valence-corrected chi connectivity index (χ4v) is 2.39. The van der Waals surface area contributed by atoms with Crippen molar-refractivity contribution in [3.05, 3.63) is 51.4 Å². The number of aromatic nitrogens is 1. The number of carbonyl (C=O) groups excluding carboxylic acids is 1. The van der Waals surface area contributed by atoms with Crippen LogP contribution in [0.2, 0.25) is 5.15 Å².